The molecule has 0 radical (unpaired) electrons. The van der Waals surface area contributed by atoms with Crippen LogP contribution in [0.3, 0.4) is 0 Å². The lowest BCUT2D eigenvalue weighted by molar-refractivity contribution is -0.152. The maximum atomic E-state index is 10.6. The van der Waals surface area contributed by atoms with Crippen molar-refractivity contribution in [2.24, 2.45) is 0 Å². The molecule has 0 saturated heterocycles. The molecule has 0 amide bonds. The molecule has 2 nitrogen and oxygen atoms in total. The Hall–Kier alpha value is -0.530. The van der Waals surface area contributed by atoms with Crippen molar-refractivity contribution in [1.82, 2.24) is 0 Å². The fourth-order valence-electron chi connectivity index (χ4n) is 0.758. The Balaban J connectivity index is 2.09. The second kappa shape index (κ2) is 2.85. The molecule has 0 aromatic rings. The lowest BCUT2D eigenvalue weighted by Gasteiger charge is -2.24. The van der Waals surface area contributed by atoms with Gasteiger partial charge in [-0.1, -0.05) is 6.92 Å². The number of ether oxygens (including phenoxy) is 1. The van der Waals surface area contributed by atoms with Gasteiger partial charge in [0.25, 0.3) is 0 Å². The third-order valence-corrected chi connectivity index (χ3v) is 1.64. The predicted octanol–water partition coefficient (Wildman–Crippen LogP) is 1.49. The first-order valence-corrected chi connectivity index (χ1v) is 3.52. The first kappa shape index (κ1) is 6.59. The topological polar surface area (TPSA) is 26.3 Å². The molecule has 0 unspecified atom stereocenters. The van der Waals surface area contributed by atoms with Crippen LogP contribution in [-0.2, 0) is 9.53 Å². The molecular weight excluding hydrogens is 116 g/mol. The van der Waals surface area contributed by atoms with Crippen molar-refractivity contribution < 1.29 is 9.53 Å². The maximum absolute atomic E-state index is 10.6. The Morgan fingerprint density at radius 2 is 2.33 bits per heavy atom. The van der Waals surface area contributed by atoms with Crippen LogP contribution in [0.25, 0.3) is 0 Å². The van der Waals surface area contributed by atoms with E-state index in [1.54, 1.807) is 0 Å². The van der Waals surface area contributed by atoms with Crippen molar-refractivity contribution >= 4 is 5.97 Å². The molecule has 1 aliphatic carbocycles. The Bertz CT molecular complexity index is 105. The van der Waals surface area contributed by atoms with Crippen molar-refractivity contribution in [3.05, 3.63) is 0 Å². The van der Waals surface area contributed by atoms with Gasteiger partial charge in [-0.2, -0.15) is 0 Å². The van der Waals surface area contributed by atoms with Gasteiger partial charge in [0.2, 0.25) is 0 Å². The normalized spacial score (nSPS) is 18.8. The number of hydrogen-bond acceptors (Lipinski definition) is 2. The average Bonchev–Trinajstić information content (AvgIpc) is 1.78. The van der Waals surface area contributed by atoms with E-state index in [1.807, 2.05) is 6.92 Å². The van der Waals surface area contributed by atoms with Crippen LogP contribution >= 0.6 is 0 Å². The van der Waals surface area contributed by atoms with Crippen LogP contribution in [0, 0.1) is 0 Å². The molecule has 1 saturated carbocycles. The molecule has 1 aliphatic rings. The van der Waals surface area contributed by atoms with Crippen LogP contribution in [0.2, 0.25) is 0 Å². The second-order valence-electron chi connectivity index (χ2n) is 2.40. The number of carbonyl (C=O) groups excluding carboxylic acids is 1. The molecule has 0 N–H and O–H groups in total. The second-order valence-corrected chi connectivity index (χ2v) is 2.40. The predicted molar refractivity (Wildman–Crippen MR) is 34.0 cm³/mol. The van der Waals surface area contributed by atoms with Crippen molar-refractivity contribution in [3.8, 4) is 0 Å². The van der Waals surface area contributed by atoms with Gasteiger partial charge in [-0.25, -0.2) is 0 Å². The monoisotopic (exact) mass is 128 g/mol. The molecule has 1 fully saturated rings. The molecule has 1 rings (SSSR count). The summed E-state index contributed by atoms with van der Waals surface area (Å²) in [5.74, 6) is -0.0558. The first-order valence-electron chi connectivity index (χ1n) is 3.52. The largest absolute Gasteiger partial charge is 0.462 e. The minimum Gasteiger partial charge on any atom is -0.462 e. The summed E-state index contributed by atoms with van der Waals surface area (Å²) in [6.07, 6.45) is 4.15. The SMILES string of the molecule is CCC(=O)OC1CCC1. The standard InChI is InChI=1S/C7H12O2/c1-2-7(8)9-6-4-3-5-6/h6H,2-5H2,1H3. The van der Waals surface area contributed by atoms with E-state index in [9.17, 15) is 4.79 Å². The fourth-order valence-corrected chi connectivity index (χ4v) is 0.758. The molecule has 0 heterocycles. The van der Waals surface area contributed by atoms with Crippen LogP contribution in [-0.4, -0.2) is 12.1 Å². The third kappa shape index (κ3) is 1.70. The van der Waals surface area contributed by atoms with E-state index in [0.29, 0.717) is 6.42 Å². The average molecular weight is 128 g/mol. The van der Waals surface area contributed by atoms with Gasteiger partial charge < -0.3 is 4.74 Å². The molecule has 0 aliphatic heterocycles. The minimum absolute atomic E-state index is 0.0558. The van der Waals surface area contributed by atoms with Crippen LogP contribution in [0.5, 0.6) is 0 Å². The van der Waals surface area contributed by atoms with E-state index >= 15 is 0 Å². The highest BCUT2D eigenvalue weighted by molar-refractivity contribution is 5.69. The molecule has 0 spiro atoms. The Morgan fingerprint density at radius 1 is 1.67 bits per heavy atom. The fraction of sp³-hybridized carbons (Fsp3) is 0.857. The third-order valence-electron chi connectivity index (χ3n) is 1.64. The smallest absolute Gasteiger partial charge is 0.305 e. The van der Waals surface area contributed by atoms with E-state index in [4.69, 9.17) is 4.74 Å². The number of carbonyl (C=O) groups is 1. The van der Waals surface area contributed by atoms with E-state index in [-0.39, 0.29) is 12.1 Å². The summed E-state index contributed by atoms with van der Waals surface area (Å²) >= 11 is 0. The van der Waals surface area contributed by atoms with Gasteiger partial charge in [-0.15, -0.1) is 0 Å². The Labute approximate surface area is 55.2 Å². The summed E-state index contributed by atoms with van der Waals surface area (Å²) in [7, 11) is 0. The van der Waals surface area contributed by atoms with Gasteiger partial charge in [-0.3, -0.25) is 4.79 Å². The maximum Gasteiger partial charge on any atom is 0.305 e. The number of hydrogen-bond donors (Lipinski definition) is 0. The minimum atomic E-state index is -0.0558. The molecule has 0 bridgehead atoms. The molecule has 2 heteroatoms. The van der Waals surface area contributed by atoms with E-state index < -0.39 is 0 Å². The van der Waals surface area contributed by atoms with Crippen molar-refractivity contribution in [3.63, 3.8) is 0 Å². The van der Waals surface area contributed by atoms with Crippen molar-refractivity contribution in [2.45, 2.75) is 38.7 Å². The summed E-state index contributed by atoms with van der Waals surface area (Å²) in [6.45, 7) is 1.82. The molecule has 0 atom stereocenters. The van der Waals surface area contributed by atoms with Crippen molar-refractivity contribution in [1.29, 1.82) is 0 Å². The van der Waals surface area contributed by atoms with Gasteiger partial charge in [0.1, 0.15) is 6.10 Å². The summed E-state index contributed by atoms with van der Waals surface area (Å²) in [6, 6.07) is 0. The lowest BCUT2D eigenvalue weighted by atomic mass is 9.96. The summed E-state index contributed by atoms with van der Waals surface area (Å²) in [5.41, 5.74) is 0. The van der Waals surface area contributed by atoms with Gasteiger partial charge in [0.15, 0.2) is 0 Å². The zero-order chi connectivity index (χ0) is 6.69. The highest BCUT2D eigenvalue weighted by atomic mass is 16.5. The highest BCUT2D eigenvalue weighted by Crippen LogP contribution is 2.21. The summed E-state index contributed by atoms with van der Waals surface area (Å²) in [4.78, 5) is 10.6. The van der Waals surface area contributed by atoms with Crippen LogP contribution < -0.4 is 0 Å². The number of esters is 1. The van der Waals surface area contributed by atoms with Crippen molar-refractivity contribution in [2.75, 3.05) is 0 Å². The molecule has 0 aromatic carbocycles. The lowest BCUT2D eigenvalue weighted by Crippen LogP contribution is -2.24. The highest BCUT2D eigenvalue weighted by Gasteiger charge is 2.20. The molecule has 52 valence electrons. The van der Waals surface area contributed by atoms with Crippen LogP contribution in [0.4, 0.5) is 0 Å². The van der Waals surface area contributed by atoms with Gasteiger partial charge >= 0.3 is 5.97 Å². The molecular formula is C7H12O2. The number of rotatable bonds is 2. The molecule has 9 heavy (non-hydrogen) atoms. The van der Waals surface area contributed by atoms with Gasteiger partial charge in [-0.05, 0) is 19.3 Å². The molecule has 0 aromatic heterocycles. The zero-order valence-corrected chi connectivity index (χ0v) is 5.72. The van der Waals surface area contributed by atoms with Crippen LogP contribution in [0.1, 0.15) is 32.6 Å². The van der Waals surface area contributed by atoms with E-state index in [2.05, 4.69) is 0 Å². The summed E-state index contributed by atoms with van der Waals surface area (Å²) in [5, 5.41) is 0. The van der Waals surface area contributed by atoms with E-state index in [1.165, 1.54) is 6.42 Å². The summed E-state index contributed by atoms with van der Waals surface area (Å²) < 4.78 is 5.00. The Kier molecular flexibility index (Phi) is 2.09. The van der Waals surface area contributed by atoms with Crippen LogP contribution in [0.15, 0.2) is 0 Å². The Morgan fingerprint density at radius 3 is 2.67 bits per heavy atom. The zero-order valence-electron chi connectivity index (χ0n) is 5.72. The van der Waals surface area contributed by atoms with E-state index in [0.717, 1.165) is 12.8 Å². The first-order chi connectivity index (χ1) is 4.33. The van der Waals surface area contributed by atoms with Gasteiger partial charge in [0, 0.05) is 6.42 Å². The quantitative estimate of drug-likeness (QED) is 0.527. The van der Waals surface area contributed by atoms with Gasteiger partial charge in [0.05, 0.1) is 0 Å².